The zero-order chi connectivity index (χ0) is 10.4. The Labute approximate surface area is 85.5 Å². The van der Waals surface area contributed by atoms with Gasteiger partial charge in [0, 0.05) is 24.8 Å². The van der Waals surface area contributed by atoms with Gasteiger partial charge in [0.05, 0.1) is 0 Å². The van der Waals surface area contributed by atoms with Crippen LogP contribution in [0.4, 0.5) is 0 Å². The third-order valence-electron chi connectivity index (χ3n) is 1.79. The van der Waals surface area contributed by atoms with Gasteiger partial charge in [-0.3, -0.25) is 0 Å². The van der Waals surface area contributed by atoms with Gasteiger partial charge in [0.15, 0.2) is 0 Å². The molecule has 0 bridgehead atoms. The van der Waals surface area contributed by atoms with Gasteiger partial charge in [-0.2, -0.15) is 0 Å². The van der Waals surface area contributed by atoms with E-state index in [1.54, 1.807) is 6.20 Å². The summed E-state index contributed by atoms with van der Waals surface area (Å²) in [6.07, 6.45) is 1.76. The Balaban J connectivity index is 2.25. The van der Waals surface area contributed by atoms with Crippen molar-refractivity contribution < 1.29 is 4.74 Å². The summed E-state index contributed by atoms with van der Waals surface area (Å²) < 4.78 is 5.46. The van der Waals surface area contributed by atoms with Gasteiger partial charge < -0.3 is 10.1 Å². The molecule has 1 aromatic heterocycles. The quantitative estimate of drug-likeness (QED) is 0.725. The molecule has 1 heterocycles. The van der Waals surface area contributed by atoms with Gasteiger partial charge in [0.25, 0.3) is 0 Å². The summed E-state index contributed by atoms with van der Waals surface area (Å²) in [5.74, 6) is 0.704. The number of nitrogens with one attached hydrogen (secondary N) is 1. The van der Waals surface area contributed by atoms with Crippen LogP contribution in [0.3, 0.4) is 0 Å². The minimum absolute atomic E-state index is 0.504. The Kier molecular flexibility index (Phi) is 4.40. The van der Waals surface area contributed by atoms with E-state index < -0.39 is 0 Å². The summed E-state index contributed by atoms with van der Waals surface area (Å²) in [7, 11) is 0. The molecule has 3 heteroatoms. The van der Waals surface area contributed by atoms with Crippen molar-refractivity contribution in [2.45, 2.75) is 26.8 Å². The number of aryl methyl sites for hydroxylation is 1. The Morgan fingerprint density at radius 2 is 2.29 bits per heavy atom. The summed E-state index contributed by atoms with van der Waals surface area (Å²) in [6.45, 7) is 7.78. The molecule has 0 aliphatic carbocycles. The summed E-state index contributed by atoms with van der Waals surface area (Å²) >= 11 is 0. The summed E-state index contributed by atoms with van der Waals surface area (Å²) in [5.41, 5.74) is 1.17. The van der Waals surface area contributed by atoms with Crippen LogP contribution in [0.15, 0.2) is 18.3 Å². The number of pyridine rings is 1. The number of ether oxygens (including phenoxy) is 1. The first-order valence-corrected chi connectivity index (χ1v) is 4.97. The lowest BCUT2D eigenvalue weighted by Crippen LogP contribution is -2.27. The van der Waals surface area contributed by atoms with E-state index in [0.29, 0.717) is 18.5 Å². The van der Waals surface area contributed by atoms with E-state index in [9.17, 15) is 0 Å². The van der Waals surface area contributed by atoms with Gasteiger partial charge in [-0.05, 0) is 18.6 Å². The van der Waals surface area contributed by atoms with Crippen molar-refractivity contribution in [2.75, 3.05) is 13.2 Å². The first-order valence-electron chi connectivity index (χ1n) is 4.97. The van der Waals surface area contributed by atoms with Gasteiger partial charge in [-0.1, -0.05) is 13.8 Å². The third-order valence-corrected chi connectivity index (χ3v) is 1.79. The topological polar surface area (TPSA) is 34.1 Å². The van der Waals surface area contributed by atoms with Crippen molar-refractivity contribution in [1.29, 1.82) is 0 Å². The fourth-order valence-corrected chi connectivity index (χ4v) is 1.09. The van der Waals surface area contributed by atoms with Crippen LogP contribution in [0.2, 0.25) is 0 Å². The van der Waals surface area contributed by atoms with E-state index in [-0.39, 0.29) is 0 Å². The van der Waals surface area contributed by atoms with Crippen LogP contribution in [0, 0.1) is 6.92 Å². The molecule has 0 amide bonds. The van der Waals surface area contributed by atoms with Gasteiger partial charge >= 0.3 is 0 Å². The third kappa shape index (κ3) is 4.23. The fraction of sp³-hybridized carbons (Fsp3) is 0.545. The molecule has 0 atom stereocenters. The van der Waals surface area contributed by atoms with Crippen LogP contribution >= 0.6 is 0 Å². The molecule has 0 unspecified atom stereocenters. The SMILES string of the molecule is Cc1ccnc(OCCNC(C)C)c1. The summed E-state index contributed by atoms with van der Waals surface area (Å²) in [4.78, 5) is 4.11. The molecule has 1 aromatic rings. The lowest BCUT2D eigenvalue weighted by atomic mass is 10.3. The van der Waals surface area contributed by atoms with Crippen LogP contribution < -0.4 is 10.1 Å². The standard InChI is InChI=1S/C11H18N2O/c1-9(2)12-6-7-14-11-8-10(3)4-5-13-11/h4-5,8-9,12H,6-7H2,1-3H3. The zero-order valence-corrected chi connectivity index (χ0v) is 9.08. The monoisotopic (exact) mass is 194 g/mol. The molecule has 14 heavy (non-hydrogen) atoms. The molecular weight excluding hydrogens is 176 g/mol. The van der Waals surface area contributed by atoms with Crippen molar-refractivity contribution in [3.05, 3.63) is 23.9 Å². The first-order chi connectivity index (χ1) is 6.68. The van der Waals surface area contributed by atoms with Crippen LogP contribution in [0.1, 0.15) is 19.4 Å². The van der Waals surface area contributed by atoms with Crippen molar-refractivity contribution >= 4 is 0 Å². The zero-order valence-electron chi connectivity index (χ0n) is 9.08. The average Bonchev–Trinajstić information content (AvgIpc) is 2.12. The Bertz CT molecular complexity index is 274. The normalized spacial score (nSPS) is 10.6. The molecule has 0 aliphatic rings. The maximum absolute atomic E-state index is 5.46. The van der Waals surface area contributed by atoms with E-state index in [1.165, 1.54) is 5.56 Å². The maximum Gasteiger partial charge on any atom is 0.213 e. The molecule has 0 spiro atoms. The van der Waals surface area contributed by atoms with Gasteiger partial charge in [-0.15, -0.1) is 0 Å². The molecule has 0 radical (unpaired) electrons. The van der Waals surface area contributed by atoms with Crippen molar-refractivity contribution in [3.8, 4) is 5.88 Å². The second kappa shape index (κ2) is 5.60. The number of nitrogens with zero attached hydrogens (tertiary/aromatic N) is 1. The maximum atomic E-state index is 5.46. The Morgan fingerprint density at radius 1 is 1.50 bits per heavy atom. The van der Waals surface area contributed by atoms with Crippen LogP contribution in [-0.2, 0) is 0 Å². The number of aromatic nitrogens is 1. The smallest absolute Gasteiger partial charge is 0.213 e. The molecule has 78 valence electrons. The van der Waals surface area contributed by atoms with E-state index in [4.69, 9.17) is 4.74 Å². The molecule has 0 saturated carbocycles. The molecule has 1 N–H and O–H groups in total. The average molecular weight is 194 g/mol. The van der Waals surface area contributed by atoms with Gasteiger partial charge in [0.2, 0.25) is 5.88 Å². The highest BCUT2D eigenvalue weighted by Crippen LogP contribution is 2.07. The molecular formula is C11H18N2O. The predicted octanol–water partition coefficient (Wildman–Crippen LogP) is 1.77. The van der Waals surface area contributed by atoms with Gasteiger partial charge in [-0.25, -0.2) is 4.98 Å². The number of hydrogen-bond donors (Lipinski definition) is 1. The molecule has 0 saturated heterocycles. The van der Waals surface area contributed by atoms with E-state index in [0.717, 1.165) is 6.54 Å². The molecule has 0 aromatic carbocycles. The molecule has 0 aliphatic heterocycles. The second-order valence-corrected chi connectivity index (χ2v) is 3.63. The molecule has 3 nitrogen and oxygen atoms in total. The minimum atomic E-state index is 0.504. The highest BCUT2D eigenvalue weighted by molar-refractivity contribution is 5.18. The predicted molar refractivity (Wildman–Crippen MR) is 57.6 cm³/mol. The number of rotatable bonds is 5. The van der Waals surface area contributed by atoms with E-state index >= 15 is 0 Å². The molecule has 0 fully saturated rings. The lowest BCUT2D eigenvalue weighted by Gasteiger charge is -2.09. The number of hydrogen-bond acceptors (Lipinski definition) is 3. The first kappa shape index (κ1) is 11.0. The van der Waals surface area contributed by atoms with Crippen LogP contribution in [-0.4, -0.2) is 24.2 Å². The fourth-order valence-electron chi connectivity index (χ4n) is 1.09. The largest absolute Gasteiger partial charge is 0.476 e. The van der Waals surface area contributed by atoms with Crippen molar-refractivity contribution in [2.24, 2.45) is 0 Å². The summed E-state index contributed by atoms with van der Waals surface area (Å²) in [5, 5.41) is 3.28. The highest BCUT2D eigenvalue weighted by atomic mass is 16.5. The van der Waals surface area contributed by atoms with Gasteiger partial charge in [0.1, 0.15) is 6.61 Å². The second-order valence-electron chi connectivity index (χ2n) is 3.63. The van der Waals surface area contributed by atoms with Crippen LogP contribution in [0.25, 0.3) is 0 Å². The van der Waals surface area contributed by atoms with E-state index in [1.807, 2.05) is 19.1 Å². The highest BCUT2D eigenvalue weighted by Gasteiger charge is 1.95. The molecule has 1 rings (SSSR count). The van der Waals surface area contributed by atoms with Crippen LogP contribution in [0.5, 0.6) is 5.88 Å². The lowest BCUT2D eigenvalue weighted by molar-refractivity contribution is 0.297. The van der Waals surface area contributed by atoms with E-state index in [2.05, 4.69) is 24.1 Å². The Hall–Kier alpha value is -1.09. The van der Waals surface area contributed by atoms with Crippen molar-refractivity contribution in [3.63, 3.8) is 0 Å². The minimum Gasteiger partial charge on any atom is -0.476 e. The summed E-state index contributed by atoms with van der Waals surface area (Å²) in [6, 6.07) is 4.40. The Morgan fingerprint density at radius 3 is 2.93 bits per heavy atom. The van der Waals surface area contributed by atoms with Crippen molar-refractivity contribution in [1.82, 2.24) is 10.3 Å².